The third-order valence-electron chi connectivity index (χ3n) is 3.87. The van der Waals surface area contributed by atoms with Crippen molar-refractivity contribution >= 4 is 16.9 Å². The number of hydrogen-bond donors (Lipinski definition) is 1. The highest BCUT2D eigenvalue weighted by Crippen LogP contribution is 2.22. The van der Waals surface area contributed by atoms with E-state index in [1.807, 2.05) is 6.92 Å². The van der Waals surface area contributed by atoms with Crippen LogP contribution in [0.15, 0.2) is 18.2 Å². The topological polar surface area (TPSA) is 46.9 Å². The fraction of sp³-hybridized carbons (Fsp3) is 0.579. The number of nitrogens with one attached hydrogen (secondary N) is 1. The van der Waals surface area contributed by atoms with Gasteiger partial charge in [0.2, 0.25) is 5.91 Å². The van der Waals surface area contributed by atoms with Crippen LogP contribution < -0.4 is 5.32 Å². The molecule has 1 amide bonds. The number of carbonyl (C=O) groups is 1. The van der Waals surface area contributed by atoms with E-state index in [-0.39, 0.29) is 11.3 Å². The highest BCUT2D eigenvalue weighted by molar-refractivity contribution is 5.77. The number of benzene rings is 1. The summed E-state index contributed by atoms with van der Waals surface area (Å²) in [7, 11) is 0. The Morgan fingerprint density at radius 1 is 1.30 bits per heavy atom. The lowest BCUT2D eigenvalue weighted by Gasteiger charge is -2.17. The second-order valence-corrected chi connectivity index (χ2v) is 7.78. The molecule has 0 saturated carbocycles. The molecule has 0 radical (unpaired) electrons. The Labute approximate surface area is 139 Å². The Hall–Kier alpha value is -1.84. The number of nitrogens with zero attached hydrogens (tertiary/aromatic N) is 2. The third-order valence-corrected chi connectivity index (χ3v) is 3.87. The Bertz CT molecular complexity index is 692. The van der Waals surface area contributed by atoms with Crippen LogP contribution in [-0.2, 0) is 11.2 Å². The van der Waals surface area contributed by atoms with Crippen LogP contribution in [-0.4, -0.2) is 22.0 Å². The number of carbonyl (C=O) groups excluding carboxylic acids is 1. The summed E-state index contributed by atoms with van der Waals surface area (Å²) in [5, 5.41) is 3.01. The summed E-state index contributed by atoms with van der Waals surface area (Å²) in [5.41, 5.74) is 3.46. The molecule has 0 spiro atoms. The van der Waals surface area contributed by atoms with Crippen molar-refractivity contribution < 1.29 is 4.79 Å². The molecule has 4 heteroatoms. The minimum atomic E-state index is 0.0319. The molecule has 2 aromatic rings. The summed E-state index contributed by atoms with van der Waals surface area (Å²) >= 11 is 0. The molecule has 1 aromatic heterocycles. The molecule has 2 rings (SSSR count). The van der Waals surface area contributed by atoms with Crippen LogP contribution in [0.3, 0.4) is 0 Å². The van der Waals surface area contributed by atoms with Crippen LogP contribution in [0.1, 0.15) is 58.5 Å². The van der Waals surface area contributed by atoms with Crippen molar-refractivity contribution in [1.29, 1.82) is 0 Å². The molecule has 4 nitrogen and oxygen atoms in total. The minimum absolute atomic E-state index is 0.0319. The van der Waals surface area contributed by atoms with Crippen molar-refractivity contribution in [2.75, 3.05) is 6.54 Å². The maximum absolute atomic E-state index is 11.9. The molecular weight excluding hydrogens is 286 g/mol. The molecule has 0 atom stereocenters. The lowest BCUT2D eigenvalue weighted by atomic mass is 9.92. The smallest absolute Gasteiger partial charge is 0.220 e. The summed E-state index contributed by atoms with van der Waals surface area (Å²) in [4.78, 5) is 16.5. The van der Waals surface area contributed by atoms with Crippen LogP contribution >= 0.6 is 0 Å². The molecule has 1 aromatic carbocycles. The average Bonchev–Trinajstić information content (AvgIpc) is 2.71. The molecule has 0 aliphatic heterocycles. The van der Waals surface area contributed by atoms with E-state index in [0.29, 0.717) is 19.0 Å². The monoisotopic (exact) mass is 315 g/mol. The van der Waals surface area contributed by atoms with E-state index < -0.39 is 0 Å². The summed E-state index contributed by atoms with van der Waals surface area (Å²) in [5.74, 6) is 1.17. The van der Waals surface area contributed by atoms with Gasteiger partial charge >= 0.3 is 0 Å². The van der Waals surface area contributed by atoms with E-state index in [2.05, 4.69) is 67.7 Å². The Morgan fingerprint density at radius 2 is 2.00 bits per heavy atom. The van der Waals surface area contributed by atoms with E-state index >= 15 is 0 Å². The lowest BCUT2D eigenvalue weighted by Crippen LogP contribution is -2.29. The summed E-state index contributed by atoms with van der Waals surface area (Å²) in [6.45, 7) is 13.3. The van der Waals surface area contributed by atoms with Gasteiger partial charge in [0.25, 0.3) is 0 Å². The molecule has 0 saturated heterocycles. The van der Waals surface area contributed by atoms with Gasteiger partial charge in [0, 0.05) is 19.0 Å². The number of fused-ring (bicyclic) bond motifs is 1. The number of rotatable bonds is 5. The summed E-state index contributed by atoms with van der Waals surface area (Å²) in [6.07, 6.45) is 1.39. The maximum Gasteiger partial charge on any atom is 0.220 e. The molecule has 0 bridgehead atoms. The zero-order valence-corrected chi connectivity index (χ0v) is 15.2. The molecular formula is C19H29N3O. The van der Waals surface area contributed by atoms with Gasteiger partial charge in [-0.3, -0.25) is 4.79 Å². The van der Waals surface area contributed by atoms with Crippen molar-refractivity contribution in [3.05, 3.63) is 29.6 Å². The Balaban J connectivity index is 2.01. The SMILES string of the molecule is Cc1nc2cc(CCNC(=O)CC(C)(C)C)ccc2n1C(C)C. The lowest BCUT2D eigenvalue weighted by molar-refractivity contribution is -0.122. The number of amides is 1. The molecule has 1 N–H and O–H groups in total. The van der Waals surface area contributed by atoms with Gasteiger partial charge in [-0.15, -0.1) is 0 Å². The summed E-state index contributed by atoms with van der Waals surface area (Å²) in [6, 6.07) is 6.82. The predicted molar refractivity (Wildman–Crippen MR) is 95.6 cm³/mol. The molecule has 126 valence electrons. The first-order chi connectivity index (χ1) is 10.7. The van der Waals surface area contributed by atoms with Gasteiger partial charge in [0.05, 0.1) is 11.0 Å². The highest BCUT2D eigenvalue weighted by atomic mass is 16.1. The van der Waals surface area contributed by atoms with Crippen LogP contribution in [0.4, 0.5) is 0 Å². The van der Waals surface area contributed by atoms with Gasteiger partial charge in [-0.25, -0.2) is 4.98 Å². The van der Waals surface area contributed by atoms with E-state index in [1.54, 1.807) is 0 Å². The second kappa shape index (κ2) is 6.73. The van der Waals surface area contributed by atoms with Gasteiger partial charge in [-0.2, -0.15) is 0 Å². The zero-order valence-electron chi connectivity index (χ0n) is 15.2. The van der Waals surface area contributed by atoms with E-state index in [4.69, 9.17) is 0 Å². The van der Waals surface area contributed by atoms with Crippen LogP contribution in [0.2, 0.25) is 0 Å². The number of imidazole rings is 1. The fourth-order valence-electron chi connectivity index (χ4n) is 2.96. The van der Waals surface area contributed by atoms with E-state index in [0.717, 1.165) is 17.8 Å². The number of hydrogen-bond acceptors (Lipinski definition) is 2. The largest absolute Gasteiger partial charge is 0.356 e. The molecule has 23 heavy (non-hydrogen) atoms. The number of aromatic nitrogens is 2. The van der Waals surface area contributed by atoms with Crippen molar-refractivity contribution in [2.45, 2.75) is 60.4 Å². The van der Waals surface area contributed by atoms with Gasteiger partial charge in [0.15, 0.2) is 0 Å². The number of aryl methyl sites for hydroxylation is 1. The van der Waals surface area contributed by atoms with Crippen LogP contribution in [0, 0.1) is 12.3 Å². The Kier molecular flexibility index (Phi) is 5.12. The summed E-state index contributed by atoms with van der Waals surface area (Å²) < 4.78 is 2.25. The van der Waals surface area contributed by atoms with E-state index in [9.17, 15) is 4.79 Å². The fourth-order valence-corrected chi connectivity index (χ4v) is 2.96. The van der Waals surface area contributed by atoms with Crippen molar-refractivity contribution in [2.24, 2.45) is 5.41 Å². The first kappa shape index (κ1) is 17.5. The first-order valence-electron chi connectivity index (χ1n) is 8.41. The average molecular weight is 315 g/mol. The van der Waals surface area contributed by atoms with Crippen molar-refractivity contribution in [3.8, 4) is 0 Å². The second-order valence-electron chi connectivity index (χ2n) is 7.78. The predicted octanol–water partition coefficient (Wildman–Crippen LogP) is 4.02. The molecule has 0 aliphatic rings. The maximum atomic E-state index is 11.9. The molecule has 1 heterocycles. The van der Waals surface area contributed by atoms with Crippen molar-refractivity contribution in [3.63, 3.8) is 0 Å². The zero-order chi connectivity index (χ0) is 17.2. The normalized spacial score (nSPS) is 12.1. The highest BCUT2D eigenvalue weighted by Gasteiger charge is 2.15. The van der Waals surface area contributed by atoms with E-state index in [1.165, 1.54) is 11.1 Å². The molecule has 0 unspecified atom stereocenters. The van der Waals surface area contributed by atoms with Crippen molar-refractivity contribution in [1.82, 2.24) is 14.9 Å². The molecule has 0 fully saturated rings. The van der Waals surface area contributed by atoms with Crippen LogP contribution in [0.5, 0.6) is 0 Å². The van der Waals surface area contributed by atoms with Gasteiger partial charge < -0.3 is 9.88 Å². The quantitative estimate of drug-likeness (QED) is 0.906. The van der Waals surface area contributed by atoms with Gasteiger partial charge in [-0.1, -0.05) is 26.8 Å². The minimum Gasteiger partial charge on any atom is -0.356 e. The Morgan fingerprint density at radius 3 is 2.61 bits per heavy atom. The van der Waals surface area contributed by atoms with Gasteiger partial charge in [-0.05, 0) is 50.3 Å². The van der Waals surface area contributed by atoms with Crippen LogP contribution in [0.25, 0.3) is 11.0 Å². The van der Waals surface area contributed by atoms with Gasteiger partial charge in [0.1, 0.15) is 5.82 Å². The molecule has 0 aliphatic carbocycles. The first-order valence-corrected chi connectivity index (χ1v) is 8.41. The standard InChI is InChI=1S/C19H29N3O/c1-13(2)22-14(3)21-16-11-15(7-8-17(16)22)9-10-20-18(23)12-19(4,5)6/h7-8,11,13H,9-10,12H2,1-6H3,(H,20,23). The third kappa shape index (κ3) is 4.57.